The third kappa shape index (κ3) is 4.61. The maximum atomic E-state index is 10.9. The minimum Gasteiger partial charge on any atom is -0.485 e. The van der Waals surface area contributed by atoms with Crippen molar-refractivity contribution in [1.82, 2.24) is 4.90 Å². The third-order valence-corrected chi connectivity index (χ3v) is 4.37. The summed E-state index contributed by atoms with van der Waals surface area (Å²) in [4.78, 5) is 12.7. The summed E-state index contributed by atoms with van der Waals surface area (Å²) in [7, 11) is 1.81. The van der Waals surface area contributed by atoms with Gasteiger partial charge in [-0.05, 0) is 24.1 Å². The predicted molar refractivity (Wildman–Crippen MR) is 104 cm³/mol. The molecular weight excluding hydrogens is 326 g/mol. The lowest BCUT2D eigenvalue weighted by Crippen LogP contribution is -2.28. The second-order valence-corrected chi connectivity index (χ2v) is 6.41. The summed E-state index contributed by atoms with van der Waals surface area (Å²) < 4.78 is 6.40. The van der Waals surface area contributed by atoms with Gasteiger partial charge in [-0.15, -0.1) is 0 Å². The molecule has 1 N–H and O–H groups in total. The molecule has 0 aromatic heterocycles. The van der Waals surface area contributed by atoms with E-state index >= 15 is 0 Å². The van der Waals surface area contributed by atoms with Crippen molar-refractivity contribution in [3.63, 3.8) is 0 Å². The van der Waals surface area contributed by atoms with E-state index < -0.39 is 5.97 Å². The Balaban J connectivity index is 1.82. The number of benzene rings is 3. The molecule has 0 saturated heterocycles. The highest BCUT2D eigenvalue weighted by molar-refractivity contribution is 5.88. The van der Waals surface area contributed by atoms with Crippen LogP contribution in [0.15, 0.2) is 72.8 Å². The van der Waals surface area contributed by atoms with E-state index in [1.807, 2.05) is 61.6 Å². The van der Waals surface area contributed by atoms with Crippen LogP contribution in [0.1, 0.15) is 18.1 Å². The van der Waals surface area contributed by atoms with Gasteiger partial charge >= 0.3 is 5.97 Å². The summed E-state index contributed by atoms with van der Waals surface area (Å²) in [5.41, 5.74) is 1.09. The number of fused-ring (bicyclic) bond motifs is 1. The summed E-state index contributed by atoms with van der Waals surface area (Å²) in [5, 5.41) is 11.2. The van der Waals surface area contributed by atoms with E-state index in [1.165, 1.54) is 0 Å². The number of likely N-dealkylation sites (N-methyl/N-ethyl adjacent to an activating group) is 1. The normalized spacial score (nSPS) is 12.2. The first-order valence-electron chi connectivity index (χ1n) is 8.73. The Morgan fingerprint density at radius 1 is 1.00 bits per heavy atom. The van der Waals surface area contributed by atoms with Crippen LogP contribution in [0, 0.1) is 0 Å². The number of nitrogens with zero attached hydrogens (tertiary/aromatic N) is 1. The molecule has 1 atom stereocenters. The number of carboxylic acids is 1. The first kappa shape index (κ1) is 18.0. The smallest absolute Gasteiger partial charge is 0.317 e. The molecule has 3 aromatic rings. The number of carbonyl (C=O) groups is 1. The zero-order chi connectivity index (χ0) is 18.4. The van der Waals surface area contributed by atoms with Crippen molar-refractivity contribution in [2.45, 2.75) is 12.5 Å². The molecule has 0 aliphatic carbocycles. The van der Waals surface area contributed by atoms with Crippen molar-refractivity contribution < 1.29 is 14.6 Å². The van der Waals surface area contributed by atoms with Crippen LogP contribution in [0.5, 0.6) is 5.75 Å². The first-order valence-corrected chi connectivity index (χ1v) is 8.73. The Morgan fingerprint density at radius 3 is 2.46 bits per heavy atom. The molecule has 4 heteroatoms. The molecular formula is C22H23NO3. The molecule has 4 nitrogen and oxygen atoms in total. The maximum Gasteiger partial charge on any atom is 0.317 e. The van der Waals surface area contributed by atoms with Crippen molar-refractivity contribution in [2.75, 3.05) is 20.1 Å². The average molecular weight is 349 g/mol. The van der Waals surface area contributed by atoms with Crippen LogP contribution in [-0.2, 0) is 4.79 Å². The van der Waals surface area contributed by atoms with Crippen LogP contribution < -0.4 is 4.74 Å². The lowest BCUT2D eigenvalue weighted by molar-refractivity contribution is -0.138. The van der Waals surface area contributed by atoms with E-state index in [4.69, 9.17) is 9.84 Å². The van der Waals surface area contributed by atoms with Crippen molar-refractivity contribution in [1.29, 1.82) is 0 Å². The van der Waals surface area contributed by atoms with Gasteiger partial charge in [0.25, 0.3) is 0 Å². The second-order valence-electron chi connectivity index (χ2n) is 6.41. The molecule has 0 aliphatic heterocycles. The second kappa shape index (κ2) is 8.50. The van der Waals surface area contributed by atoms with Gasteiger partial charge in [-0.25, -0.2) is 0 Å². The highest BCUT2D eigenvalue weighted by Crippen LogP contribution is 2.31. The molecule has 26 heavy (non-hydrogen) atoms. The van der Waals surface area contributed by atoms with Crippen molar-refractivity contribution in [2.24, 2.45) is 0 Å². The van der Waals surface area contributed by atoms with Gasteiger partial charge in [0.15, 0.2) is 0 Å². The quantitative estimate of drug-likeness (QED) is 0.656. The van der Waals surface area contributed by atoms with Gasteiger partial charge in [-0.1, -0.05) is 66.7 Å². The van der Waals surface area contributed by atoms with E-state index in [-0.39, 0.29) is 12.6 Å². The third-order valence-electron chi connectivity index (χ3n) is 4.37. The van der Waals surface area contributed by atoms with Crippen LogP contribution >= 0.6 is 0 Å². The lowest BCUT2D eigenvalue weighted by Gasteiger charge is -2.23. The van der Waals surface area contributed by atoms with Gasteiger partial charge in [0.1, 0.15) is 11.9 Å². The van der Waals surface area contributed by atoms with Crippen molar-refractivity contribution in [3.8, 4) is 5.75 Å². The topological polar surface area (TPSA) is 49.8 Å². The lowest BCUT2D eigenvalue weighted by atomic mass is 10.1. The van der Waals surface area contributed by atoms with Gasteiger partial charge in [-0.2, -0.15) is 0 Å². The summed E-state index contributed by atoms with van der Waals surface area (Å²) in [6, 6.07) is 24.3. The molecule has 0 radical (unpaired) electrons. The van der Waals surface area contributed by atoms with E-state index in [0.717, 1.165) is 22.1 Å². The highest BCUT2D eigenvalue weighted by Gasteiger charge is 2.16. The number of rotatable bonds is 8. The SMILES string of the molecule is CN(CCC(Oc1cccc2ccccc12)c1ccccc1)CC(=O)O. The standard InChI is InChI=1S/C22H23NO3/c1-23(16-22(24)25)15-14-20(18-9-3-2-4-10-18)26-21-13-7-11-17-8-5-6-12-19(17)21/h2-13,20H,14-16H2,1H3,(H,24,25). The Morgan fingerprint density at radius 2 is 1.69 bits per heavy atom. The molecule has 0 bridgehead atoms. The maximum absolute atomic E-state index is 10.9. The number of hydrogen-bond acceptors (Lipinski definition) is 3. The molecule has 0 spiro atoms. The van der Waals surface area contributed by atoms with Crippen LogP contribution in [0.3, 0.4) is 0 Å². The van der Waals surface area contributed by atoms with E-state index in [2.05, 4.69) is 18.2 Å². The van der Waals surface area contributed by atoms with Gasteiger partial charge in [-0.3, -0.25) is 9.69 Å². The Kier molecular flexibility index (Phi) is 5.87. The van der Waals surface area contributed by atoms with Crippen LogP contribution in [0.4, 0.5) is 0 Å². The van der Waals surface area contributed by atoms with E-state index in [1.54, 1.807) is 4.90 Å². The molecule has 0 saturated carbocycles. The Hall–Kier alpha value is -2.85. The van der Waals surface area contributed by atoms with Crippen molar-refractivity contribution >= 4 is 16.7 Å². The van der Waals surface area contributed by atoms with Crippen molar-refractivity contribution in [3.05, 3.63) is 78.4 Å². The highest BCUT2D eigenvalue weighted by atomic mass is 16.5. The zero-order valence-electron chi connectivity index (χ0n) is 14.8. The van der Waals surface area contributed by atoms with E-state index in [0.29, 0.717) is 13.0 Å². The summed E-state index contributed by atoms with van der Waals surface area (Å²) in [6.07, 6.45) is 0.565. The Labute approximate surface area is 153 Å². The summed E-state index contributed by atoms with van der Waals surface area (Å²) in [6.45, 7) is 0.659. The van der Waals surface area contributed by atoms with Crippen LogP contribution in [0.2, 0.25) is 0 Å². The Bertz CT molecular complexity index is 858. The minimum atomic E-state index is -0.821. The number of carboxylic acid groups (broad SMARTS) is 1. The largest absolute Gasteiger partial charge is 0.485 e. The molecule has 0 heterocycles. The molecule has 0 amide bonds. The fraction of sp³-hybridized carbons (Fsp3) is 0.227. The fourth-order valence-electron chi connectivity index (χ4n) is 3.06. The molecule has 134 valence electrons. The van der Waals surface area contributed by atoms with Crippen LogP contribution in [-0.4, -0.2) is 36.1 Å². The zero-order valence-corrected chi connectivity index (χ0v) is 14.8. The van der Waals surface area contributed by atoms with Gasteiger partial charge < -0.3 is 9.84 Å². The molecule has 1 unspecified atom stereocenters. The number of hydrogen-bond donors (Lipinski definition) is 1. The van der Waals surface area contributed by atoms with Gasteiger partial charge in [0.05, 0.1) is 6.54 Å². The molecule has 3 rings (SSSR count). The summed E-state index contributed by atoms with van der Waals surface area (Å²) >= 11 is 0. The number of ether oxygens (including phenoxy) is 1. The van der Waals surface area contributed by atoms with Gasteiger partial charge in [0.2, 0.25) is 0 Å². The molecule has 0 aliphatic rings. The van der Waals surface area contributed by atoms with E-state index in [9.17, 15) is 4.79 Å². The molecule has 0 fully saturated rings. The first-order chi connectivity index (χ1) is 12.6. The fourth-order valence-corrected chi connectivity index (χ4v) is 3.06. The molecule has 3 aromatic carbocycles. The van der Waals surface area contributed by atoms with Crippen LogP contribution in [0.25, 0.3) is 10.8 Å². The minimum absolute atomic E-state index is 0.0236. The number of aliphatic carboxylic acids is 1. The average Bonchev–Trinajstić information content (AvgIpc) is 2.65. The summed E-state index contributed by atoms with van der Waals surface area (Å²) in [5.74, 6) is 0.0246. The predicted octanol–water partition coefficient (Wildman–Crippen LogP) is 4.37. The monoisotopic (exact) mass is 349 g/mol. The van der Waals surface area contributed by atoms with Gasteiger partial charge in [0, 0.05) is 18.4 Å².